The van der Waals surface area contributed by atoms with E-state index in [2.05, 4.69) is 0 Å². The highest BCUT2D eigenvalue weighted by Crippen LogP contribution is 2.28. The van der Waals surface area contributed by atoms with Crippen LogP contribution in [0.3, 0.4) is 0 Å². The zero-order chi connectivity index (χ0) is 14.2. The van der Waals surface area contributed by atoms with E-state index in [1.807, 2.05) is 13.8 Å². The number of hydrogen-bond acceptors (Lipinski definition) is 4. The van der Waals surface area contributed by atoms with E-state index in [9.17, 15) is 8.42 Å². The molecule has 19 heavy (non-hydrogen) atoms. The summed E-state index contributed by atoms with van der Waals surface area (Å²) in [4.78, 5) is 0. The van der Waals surface area contributed by atoms with Gasteiger partial charge in [-0.2, -0.15) is 0 Å². The summed E-state index contributed by atoms with van der Waals surface area (Å²) >= 11 is 0. The monoisotopic (exact) mass is 282 g/mol. The van der Waals surface area contributed by atoms with Crippen molar-refractivity contribution in [2.24, 2.45) is 5.73 Å². The van der Waals surface area contributed by atoms with Crippen molar-refractivity contribution in [2.45, 2.75) is 26.4 Å². The van der Waals surface area contributed by atoms with Gasteiger partial charge in [-0.05, 0) is 43.5 Å². The second kappa shape index (κ2) is 4.85. The Bertz CT molecular complexity index is 600. The standard InChI is InChI=1S/C13H18N2O3S/c1-8-5-10(13(14)15)6-9(2)12(8)18-11-3-4-19(16,17)7-11/h5-6,11H,3-4,7H2,1-2H3,(H3,14,15). The predicted octanol–water partition coefficient (Wildman–Crippen LogP) is 1.15. The van der Waals surface area contributed by atoms with Crippen molar-refractivity contribution in [1.82, 2.24) is 0 Å². The number of benzene rings is 1. The molecule has 1 fully saturated rings. The van der Waals surface area contributed by atoms with Gasteiger partial charge in [-0.25, -0.2) is 8.42 Å². The van der Waals surface area contributed by atoms with Crippen LogP contribution in [0.2, 0.25) is 0 Å². The van der Waals surface area contributed by atoms with Gasteiger partial charge in [0.2, 0.25) is 0 Å². The van der Waals surface area contributed by atoms with Crippen molar-refractivity contribution in [2.75, 3.05) is 11.5 Å². The Kier molecular flexibility index (Phi) is 3.54. The third kappa shape index (κ3) is 3.07. The van der Waals surface area contributed by atoms with Gasteiger partial charge in [0.25, 0.3) is 0 Å². The van der Waals surface area contributed by atoms with Gasteiger partial charge in [0.15, 0.2) is 9.84 Å². The molecule has 6 heteroatoms. The second-order valence-electron chi connectivity index (χ2n) is 5.00. The quantitative estimate of drug-likeness (QED) is 0.642. The maximum absolute atomic E-state index is 11.4. The average molecular weight is 282 g/mol. The number of nitrogens with two attached hydrogens (primary N) is 1. The first-order chi connectivity index (χ1) is 8.78. The Morgan fingerprint density at radius 2 is 1.95 bits per heavy atom. The first kappa shape index (κ1) is 13.9. The maximum atomic E-state index is 11.4. The molecule has 0 aliphatic carbocycles. The fourth-order valence-electron chi connectivity index (χ4n) is 2.31. The molecule has 0 spiro atoms. The lowest BCUT2D eigenvalue weighted by Gasteiger charge is -2.17. The molecule has 5 nitrogen and oxygen atoms in total. The fraction of sp³-hybridized carbons (Fsp3) is 0.462. The maximum Gasteiger partial charge on any atom is 0.154 e. The molecule has 1 saturated heterocycles. The van der Waals surface area contributed by atoms with E-state index >= 15 is 0 Å². The largest absolute Gasteiger partial charge is 0.489 e. The van der Waals surface area contributed by atoms with Crippen LogP contribution in [0.4, 0.5) is 0 Å². The minimum absolute atomic E-state index is 0.0150. The zero-order valence-electron chi connectivity index (χ0n) is 11.1. The Morgan fingerprint density at radius 3 is 2.37 bits per heavy atom. The summed E-state index contributed by atoms with van der Waals surface area (Å²) in [6.45, 7) is 3.75. The van der Waals surface area contributed by atoms with Crippen LogP contribution < -0.4 is 10.5 Å². The van der Waals surface area contributed by atoms with Gasteiger partial charge in [0.05, 0.1) is 11.5 Å². The minimum atomic E-state index is -2.94. The number of nitrogen functional groups attached to an aromatic ring is 1. The van der Waals surface area contributed by atoms with Crippen molar-refractivity contribution >= 4 is 15.7 Å². The van der Waals surface area contributed by atoms with E-state index in [1.165, 1.54) is 0 Å². The predicted molar refractivity (Wildman–Crippen MR) is 74.6 cm³/mol. The third-order valence-corrected chi connectivity index (χ3v) is 4.98. The topological polar surface area (TPSA) is 93.2 Å². The molecule has 1 heterocycles. The van der Waals surface area contributed by atoms with Gasteiger partial charge in [-0.1, -0.05) is 0 Å². The molecular weight excluding hydrogens is 264 g/mol. The Labute approximate surface area is 113 Å². The minimum Gasteiger partial charge on any atom is -0.489 e. The summed E-state index contributed by atoms with van der Waals surface area (Å²) in [6.07, 6.45) is 0.265. The van der Waals surface area contributed by atoms with Gasteiger partial charge in [-0.3, -0.25) is 5.41 Å². The fourth-order valence-corrected chi connectivity index (χ4v) is 3.90. The highest BCUT2D eigenvalue weighted by atomic mass is 32.2. The molecule has 1 aromatic carbocycles. The second-order valence-corrected chi connectivity index (χ2v) is 7.22. The molecule has 0 amide bonds. The molecule has 2 rings (SSSR count). The van der Waals surface area contributed by atoms with Gasteiger partial charge >= 0.3 is 0 Å². The van der Waals surface area contributed by atoms with E-state index in [0.717, 1.165) is 11.1 Å². The van der Waals surface area contributed by atoms with Crippen LogP contribution in [0.15, 0.2) is 12.1 Å². The van der Waals surface area contributed by atoms with Gasteiger partial charge in [-0.15, -0.1) is 0 Å². The number of rotatable bonds is 3. The lowest BCUT2D eigenvalue weighted by Crippen LogP contribution is -2.19. The van der Waals surface area contributed by atoms with E-state index in [4.69, 9.17) is 15.9 Å². The summed E-state index contributed by atoms with van der Waals surface area (Å²) in [6, 6.07) is 3.57. The van der Waals surface area contributed by atoms with E-state index in [0.29, 0.717) is 17.7 Å². The number of aryl methyl sites for hydroxylation is 2. The third-order valence-electron chi connectivity index (χ3n) is 3.25. The molecule has 1 aromatic rings. The molecule has 3 N–H and O–H groups in total. The van der Waals surface area contributed by atoms with Crippen molar-refractivity contribution in [3.05, 3.63) is 28.8 Å². The number of amidine groups is 1. The molecule has 0 radical (unpaired) electrons. The van der Waals surface area contributed by atoms with Crippen molar-refractivity contribution < 1.29 is 13.2 Å². The van der Waals surface area contributed by atoms with Crippen LogP contribution in [0.1, 0.15) is 23.1 Å². The SMILES string of the molecule is Cc1cc(C(=N)N)cc(C)c1OC1CCS(=O)(=O)C1. The number of ether oxygens (including phenoxy) is 1. The molecule has 0 aromatic heterocycles. The lowest BCUT2D eigenvalue weighted by molar-refractivity contribution is 0.226. The normalized spacial score (nSPS) is 21.3. The summed E-state index contributed by atoms with van der Waals surface area (Å²) in [5.41, 5.74) is 7.86. The molecule has 104 valence electrons. The number of nitrogens with one attached hydrogen (secondary N) is 1. The smallest absolute Gasteiger partial charge is 0.154 e. The molecule has 1 aliphatic rings. The summed E-state index contributed by atoms with van der Waals surface area (Å²) in [5, 5.41) is 7.43. The van der Waals surface area contributed by atoms with Crippen molar-refractivity contribution in [3.63, 3.8) is 0 Å². The molecule has 1 aliphatic heterocycles. The van der Waals surface area contributed by atoms with E-state index < -0.39 is 9.84 Å². The summed E-state index contributed by atoms with van der Waals surface area (Å²) in [5.74, 6) is 0.995. The molecule has 0 bridgehead atoms. The molecule has 1 atom stereocenters. The van der Waals surface area contributed by atoms with Crippen LogP contribution >= 0.6 is 0 Å². The van der Waals surface area contributed by atoms with Crippen molar-refractivity contribution in [1.29, 1.82) is 5.41 Å². The van der Waals surface area contributed by atoms with Crippen LogP contribution in [-0.2, 0) is 9.84 Å². The number of sulfone groups is 1. The Morgan fingerprint density at radius 1 is 1.37 bits per heavy atom. The lowest BCUT2D eigenvalue weighted by atomic mass is 10.0. The first-order valence-electron chi connectivity index (χ1n) is 6.11. The van der Waals surface area contributed by atoms with Crippen LogP contribution in [-0.4, -0.2) is 31.9 Å². The van der Waals surface area contributed by atoms with Gasteiger partial charge < -0.3 is 10.5 Å². The highest BCUT2D eigenvalue weighted by molar-refractivity contribution is 7.91. The zero-order valence-corrected chi connectivity index (χ0v) is 11.9. The molecular formula is C13H18N2O3S. The molecule has 1 unspecified atom stereocenters. The summed E-state index contributed by atoms with van der Waals surface area (Å²) < 4.78 is 28.7. The first-order valence-corrected chi connectivity index (χ1v) is 7.93. The van der Waals surface area contributed by atoms with Crippen LogP contribution in [0.25, 0.3) is 0 Å². The summed E-state index contributed by atoms with van der Waals surface area (Å²) in [7, 11) is -2.94. The van der Waals surface area contributed by atoms with Crippen LogP contribution in [0.5, 0.6) is 5.75 Å². The average Bonchev–Trinajstić information content (AvgIpc) is 2.63. The van der Waals surface area contributed by atoms with E-state index in [1.54, 1.807) is 12.1 Å². The van der Waals surface area contributed by atoms with Gasteiger partial charge in [0.1, 0.15) is 17.7 Å². The Balaban J connectivity index is 2.24. The van der Waals surface area contributed by atoms with Gasteiger partial charge in [0, 0.05) is 5.56 Å². The highest BCUT2D eigenvalue weighted by Gasteiger charge is 2.30. The molecule has 0 saturated carbocycles. The van der Waals surface area contributed by atoms with Crippen LogP contribution in [0, 0.1) is 19.3 Å². The Hall–Kier alpha value is -1.56. The van der Waals surface area contributed by atoms with Crippen molar-refractivity contribution in [3.8, 4) is 5.75 Å². The number of hydrogen-bond donors (Lipinski definition) is 2. The van der Waals surface area contributed by atoms with E-state index in [-0.39, 0.29) is 23.4 Å².